The van der Waals surface area contributed by atoms with Gasteiger partial charge in [-0.25, -0.2) is 0 Å². The lowest BCUT2D eigenvalue weighted by molar-refractivity contribution is 0.424. The van der Waals surface area contributed by atoms with Crippen LogP contribution in [0.5, 0.6) is 0 Å². The van der Waals surface area contributed by atoms with Crippen LogP contribution < -0.4 is 5.73 Å². The van der Waals surface area contributed by atoms with E-state index in [2.05, 4.69) is 26.1 Å². The van der Waals surface area contributed by atoms with Crippen LogP contribution in [0.25, 0.3) is 11.5 Å². The Morgan fingerprint density at radius 1 is 1.19 bits per heavy atom. The minimum Gasteiger partial charge on any atom is -0.399 e. The van der Waals surface area contributed by atoms with Gasteiger partial charge < -0.3 is 10.3 Å². The van der Waals surface area contributed by atoms with Crippen LogP contribution in [0.2, 0.25) is 0 Å². The third-order valence-electron chi connectivity index (χ3n) is 3.29. The Balaban J connectivity index is 1.86. The summed E-state index contributed by atoms with van der Waals surface area (Å²) < 4.78 is 6.38. The first kappa shape index (κ1) is 13.8. The molecule has 0 bridgehead atoms. The lowest BCUT2D eigenvalue weighted by Crippen LogP contribution is -1.92. The zero-order valence-corrected chi connectivity index (χ0v) is 13.1. The topological polar surface area (TPSA) is 64.9 Å². The predicted octanol–water partition coefficient (Wildman–Crippen LogP) is 3.98. The Labute approximate surface area is 131 Å². The molecule has 0 saturated carbocycles. The van der Waals surface area contributed by atoms with Crippen molar-refractivity contribution in [3.05, 3.63) is 63.9 Å². The van der Waals surface area contributed by atoms with Gasteiger partial charge in [-0.05, 0) is 42.3 Å². The molecule has 0 atom stereocenters. The third kappa shape index (κ3) is 2.97. The Kier molecular flexibility index (Phi) is 3.75. The molecule has 3 aromatic rings. The van der Waals surface area contributed by atoms with Crippen molar-refractivity contribution in [1.82, 2.24) is 10.1 Å². The molecule has 4 nitrogen and oxygen atoms in total. The van der Waals surface area contributed by atoms with Gasteiger partial charge in [-0.15, -0.1) is 0 Å². The van der Waals surface area contributed by atoms with Crippen LogP contribution in [0.1, 0.15) is 17.0 Å². The fourth-order valence-corrected chi connectivity index (χ4v) is 2.49. The van der Waals surface area contributed by atoms with E-state index in [4.69, 9.17) is 10.3 Å². The number of aryl methyl sites for hydroxylation is 1. The summed E-state index contributed by atoms with van der Waals surface area (Å²) >= 11 is 3.52. The lowest BCUT2D eigenvalue weighted by atomic mass is 10.1. The summed E-state index contributed by atoms with van der Waals surface area (Å²) in [4.78, 5) is 4.45. The SMILES string of the molecule is Cc1cc(-c2nc(Cc3ccccc3Br)no2)ccc1N. The summed E-state index contributed by atoms with van der Waals surface area (Å²) in [5.41, 5.74) is 9.58. The summed E-state index contributed by atoms with van der Waals surface area (Å²) in [6, 6.07) is 13.7. The monoisotopic (exact) mass is 343 g/mol. The van der Waals surface area contributed by atoms with Gasteiger partial charge in [0.15, 0.2) is 5.82 Å². The maximum atomic E-state index is 5.82. The van der Waals surface area contributed by atoms with Gasteiger partial charge in [-0.1, -0.05) is 39.3 Å². The number of nitrogens with two attached hydrogens (primary N) is 1. The van der Waals surface area contributed by atoms with Crippen LogP contribution in [0.3, 0.4) is 0 Å². The number of nitrogens with zero attached hydrogens (tertiary/aromatic N) is 2. The summed E-state index contributed by atoms with van der Waals surface area (Å²) in [6.07, 6.45) is 0.624. The predicted molar refractivity (Wildman–Crippen MR) is 85.8 cm³/mol. The average molecular weight is 344 g/mol. The van der Waals surface area contributed by atoms with Gasteiger partial charge in [0.2, 0.25) is 0 Å². The molecule has 0 amide bonds. The molecule has 0 aliphatic rings. The van der Waals surface area contributed by atoms with Crippen LogP contribution in [0.4, 0.5) is 5.69 Å². The molecule has 0 aliphatic heterocycles. The second kappa shape index (κ2) is 5.69. The van der Waals surface area contributed by atoms with E-state index in [0.29, 0.717) is 18.1 Å². The molecule has 106 valence electrons. The first-order valence-electron chi connectivity index (χ1n) is 6.56. The Hall–Kier alpha value is -2.14. The highest BCUT2D eigenvalue weighted by molar-refractivity contribution is 9.10. The minimum absolute atomic E-state index is 0.514. The van der Waals surface area contributed by atoms with Crippen molar-refractivity contribution in [1.29, 1.82) is 0 Å². The minimum atomic E-state index is 0.514. The van der Waals surface area contributed by atoms with Gasteiger partial charge in [-0.3, -0.25) is 0 Å². The smallest absolute Gasteiger partial charge is 0.257 e. The molecular weight excluding hydrogens is 330 g/mol. The summed E-state index contributed by atoms with van der Waals surface area (Å²) in [5, 5.41) is 4.04. The number of hydrogen-bond acceptors (Lipinski definition) is 4. The van der Waals surface area contributed by atoms with Crippen molar-refractivity contribution in [3.8, 4) is 11.5 Å². The zero-order chi connectivity index (χ0) is 14.8. The molecule has 3 rings (SSSR count). The normalized spacial score (nSPS) is 10.8. The van der Waals surface area contributed by atoms with Crippen LogP contribution in [-0.4, -0.2) is 10.1 Å². The van der Waals surface area contributed by atoms with Crippen LogP contribution >= 0.6 is 15.9 Å². The number of nitrogen functional groups attached to an aromatic ring is 1. The van der Waals surface area contributed by atoms with E-state index in [9.17, 15) is 0 Å². The van der Waals surface area contributed by atoms with E-state index in [0.717, 1.165) is 26.9 Å². The summed E-state index contributed by atoms with van der Waals surface area (Å²) in [5.74, 6) is 1.17. The lowest BCUT2D eigenvalue weighted by Gasteiger charge is -2.00. The molecule has 2 aromatic carbocycles. The molecule has 1 heterocycles. The zero-order valence-electron chi connectivity index (χ0n) is 11.5. The second-order valence-electron chi connectivity index (χ2n) is 4.86. The summed E-state index contributed by atoms with van der Waals surface area (Å²) in [7, 11) is 0. The Morgan fingerprint density at radius 3 is 2.76 bits per heavy atom. The molecule has 2 N–H and O–H groups in total. The number of hydrogen-bond donors (Lipinski definition) is 1. The third-order valence-corrected chi connectivity index (χ3v) is 4.06. The van der Waals surface area contributed by atoms with Crippen molar-refractivity contribution in [2.45, 2.75) is 13.3 Å². The van der Waals surface area contributed by atoms with E-state index < -0.39 is 0 Å². The van der Waals surface area contributed by atoms with E-state index in [1.807, 2.05) is 49.4 Å². The van der Waals surface area contributed by atoms with Gasteiger partial charge >= 0.3 is 0 Å². The van der Waals surface area contributed by atoms with Crippen LogP contribution in [0, 0.1) is 6.92 Å². The molecule has 0 spiro atoms. The molecule has 0 fully saturated rings. The molecule has 5 heteroatoms. The van der Waals surface area contributed by atoms with E-state index in [-0.39, 0.29) is 0 Å². The fraction of sp³-hybridized carbons (Fsp3) is 0.125. The van der Waals surface area contributed by atoms with Gasteiger partial charge in [0.1, 0.15) is 0 Å². The van der Waals surface area contributed by atoms with Gasteiger partial charge in [0, 0.05) is 22.1 Å². The van der Waals surface area contributed by atoms with Gasteiger partial charge in [0.05, 0.1) is 0 Å². The standard InChI is InChI=1S/C16H14BrN3O/c1-10-8-12(6-7-14(10)18)16-19-15(20-21-16)9-11-4-2-3-5-13(11)17/h2-8H,9,18H2,1H3. The van der Waals surface area contributed by atoms with Crippen LogP contribution in [0.15, 0.2) is 51.5 Å². The second-order valence-corrected chi connectivity index (χ2v) is 5.71. The van der Waals surface area contributed by atoms with Crippen molar-refractivity contribution in [3.63, 3.8) is 0 Å². The number of benzene rings is 2. The van der Waals surface area contributed by atoms with Crippen molar-refractivity contribution < 1.29 is 4.52 Å². The molecule has 0 unspecified atom stereocenters. The number of aromatic nitrogens is 2. The van der Waals surface area contributed by atoms with Gasteiger partial charge in [0.25, 0.3) is 5.89 Å². The highest BCUT2D eigenvalue weighted by Gasteiger charge is 2.11. The first-order chi connectivity index (χ1) is 10.1. The first-order valence-corrected chi connectivity index (χ1v) is 7.35. The van der Waals surface area contributed by atoms with E-state index in [1.165, 1.54) is 0 Å². The van der Waals surface area contributed by atoms with Crippen molar-refractivity contribution >= 4 is 21.6 Å². The molecule has 0 aliphatic carbocycles. The van der Waals surface area contributed by atoms with Crippen molar-refractivity contribution in [2.75, 3.05) is 5.73 Å². The molecule has 1 aromatic heterocycles. The molecule has 0 saturated heterocycles. The fourth-order valence-electron chi connectivity index (χ4n) is 2.06. The number of halogens is 1. The number of anilines is 1. The number of rotatable bonds is 3. The van der Waals surface area contributed by atoms with Crippen molar-refractivity contribution in [2.24, 2.45) is 0 Å². The largest absolute Gasteiger partial charge is 0.399 e. The van der Waals surface area contributed by atoms with Gasteiger partial charge in [-0.2, -0.15) is 4.98 Å². The summed E-state index contributed by atoms with van der Waals surface area (Å²) in [6.45, 7) is 1.96. The maximum Gasteiger partial charge on any atom is 0.257 e. The highest BCUT2D eigenvalue weighted by atomic mass is 79.9. The Morgan fingerprint density at radius 2 is 2.00 bits per heavy atom. The van der Waals surface area contributed by atoms with E-state index in [1.54, 1.807) is 0 Å². The quantitative estimate of drug-likeness (QED) is 0.730. The van der Waals surface area contributed by atoms with E-state index >= 15 is 0 Å². The van der Waals surface area contributed by atoms with Crippen LogP contribution in [-0.2, 0) is 6.42 Å². The molecular formula is C16H14BrN3O. The molecule has 21 heavy (non-hydrogen) atoms. The molecule has 0 radical (unpaired) electrons. The average Bonchev–Trinajstić information content (AvgIpc) is 2.93. The highest BCUT2D eigenvalue weighted by Crippen LogP contribution is 2.23. The Bertz CT molecular complexity index is 783. The maximum absolute atomic E-state index is 5.82.